The molecule has 0 spiro atoms. The quantitative estimate of drug-likeness (QED) is 0.514. The Morgan fingerprint density at radius 1 is 1.17 bits per heavy atom. The van der Waals surface area contributed by atoms with E-state index in [1.54, 1.807) is 11.8 Å². The average Bonchev–Trinajstić information content (AvgIpc) is 2.53. The van der Waals surface area contributed by atoms with Crippen LogP contribution in [-0.2, 0) is 0 Å². The van der Waals surface area contributed by atoms with Crippen LogP contribution in [0.15, 0.2) is 12.1 Å². The third-order valence-corrected chi connectivity index (χ3v) is 3.28. The Morgan fingerprint density at radius 3 is 2.22 bits per heavy atom. The van der Waals surface area contributed by atoms with Gasteiger partial charge in [-0.05, 0) is 19.8 Å². The van der Waals surface area contributed by atoms with Crippen molar-refractivity contribution in [3.05, 3.63) is 27.8 Å². The molecule has 0 N–H and O–H groups in total. The van der Waals surface area contributed by atoms with Crippen molar-refractivity contribution >= 4 is 11.6 Å². The highest BCUT2D eigenvalue weighted by molar-refractivity contribution is 5.99. The number of amides is 1. The maximum absolute atomic E-state index is 12.7. The van der Waals surface area contributed by atoms with Crippen molar-refractivity contribution in [2.24, 2.45) is 0 Å². The van der Waals surface area contributed by atoms with E-state index < -0.39 is 4.92 Å². The van der Waals surface area contributed by atoms with Gasteiger partial charge >= 0.3 is 0 Å². The molecule has 1 aromatic carbocycles. The standard InChI is InChI=1S/C16H24N2O5/c1-5-8-17(9-6-2)16(19)12-10-15(23-7-3)14(22-4)11-13(12)18(20)21/h10-11H,5-9H2,1-4H3. The summed E-state index contributed by atoms with van der Waals surface area (Å²) < 4.78 is 10.6. The number of benzene rings is 1. The summed E-state index contributed by atoms with van der Waals surface area (Å²) >= 11 is 0. The van der Waals surface area contributed by atoms with Crippen molar-refractivity contribution in [3.63, 3.8) is 0 Å². The Hall–Kier alpha value is -2.31. The first kappa shape index (κ1) is 18.7. The lowest BCUT2D eigenvalue weighted by Gasteiger charge is -2.22. The number of ether oxygens (including phenoxy) is 2. The highest BCUT2D eigenvalue weighted by atomic mass is 16.6. The number of carbonyl (C=O) groups excluding carboxylic acids is 1. The van der Waals surface area contributed by atoms with E-state index in [-0.39, 0.29) is 22.9 Å². The van der Waals surface area contributed by atoms with Crippen LogP contribution in [0.25, 0.3) is 0 Å². The van der Waals surface area contributed by atoms with Crippen LogP contribution in [0.2, 0.25) is 0 Å². The topological polar surface area (TPSA) is 81.9 Å². The molecule has 0 saturated heterocycles. The summed E-state index contributed by atoms with van der Waals surface area (Å²) in [7, 11) is 1.41. The lowest BCUT2D eigenvalue weighted by Crippen LogP contribution is -2.33. The van der Waals surface area contributed by atoms with Crippen molar-refractivity contribution in [2.45, 2.75) is 33.6 Å². The number of carbonyl (C=O) groups is 1. The van der Waals surface area contributed by atoms with Gasteiger partial charge in [0.2, 0.25) is 0 Å². The molecule has 0 aliphatic rings. The predicted molar refractivity (Wildman–Crippen MR) is 87.3 cm³/mol. The second kappa shape index (κ2) is 8.97. The number of nitrogens with zero attached hydrogens (tertiary/aromatic N) is 2. The molecule has 0 aliphatic heterocycles. The number of methoxy groups -OCH3 is 1. The maximum Gasteiger partial charge on any atom is 0.286 e. The third kappa shape index (κ3) is 4.58. The summed E-state index contributed by atoms with van der Waals surface area (Å²) in [6.45, 7) is 7.20. The minimum atomic E-state index is -0.568. The van der Waals surface area contributed by atoms with Gasteiger partial charge in [0.15, 0.2) is 11.5 Å². The first-order valence-corrected chi connectivity index (χ1v) is 7.78. The largest absolute Gasteiger partial charge is 0.493 e. The summed E-state index contributed by atoms with van der Waals surface area (Å²) in [5.41, 5.74) is -0.242. The smallest absolute Gasteiger partial charge is 0.286 e. The lowest BCUT2D eigenvalue weighted by molar-refractivity contribution is -0.385. The maximum atomic E-state index is 12.7. The molecule has 7 heteroatoms. The highest BCUT2D eigenvalue weighted by Crippen LogP contribution is 2.35. The van der Waals surface area contributed by atoms with Gasteiger partial charge in [0.1, 0.15) is 5.56 Å². The molecule has 0 radical (unpaired) electrons. The van der Waals surface area contributed by atoms with Gasteiger partial charge in [0.25, 0.3) is 11.6 Å². The van der Waals surface area contributed by atoms with Gasteiger partial charge in [-0.3, -0.25) is 14.9 Å². The van der Waals surface area contributed by atoms with Crippen LogP contribution in [0.1, 0.15) is 44.0 Å². The Kier molecular flexibility index (Phi) is 7.31. The van der Waals surface area contributed by atoms with Crippen LogP contribution in [0.3, 0.4) is 0 Å². The number of hydrogen-bond donors (Lipinski definition) is 0. The first-order valence-electron chi connectivity index (χ1n) is 7.78. The second-order valence-electron chi connectivity index (χ2n) is 5.00. The Morgan fingerprint density at radius 2 is 1.78 bits per heavy atom. The SMILES string of the molecule is CCCN(CCC)C(=O)c1cc(OCC)c(OC)cc1[N+](=O)[O-]. The Labute approximate surface area is 136 Å². The van der Waals surface area contributed by atoms with Crippen LogP contribution in [0.4, 0.5) is 5.69 Å². The van der Waals surface area contributed by atoms with Gasteiger partial charge in [0, 0.05) is 19.2 Å². The van der Waals surface area contributed by atoms with E-state index in [9.17, 15) is 14.9 Å². The zero-order valence-corrected chi connectivity index (χ0v) is 14.1. The molecule has 128 valence electrons. The molecule has 1 aromatic rings. The number of nitro benzene ring substituents is 1. The monoisotopic (exact) mass is 324 g/mol. The van der Waals surface area contributed by atoms with E-state index in [2.05, 4.69) is 0 Å². The molecule has 0 aliphatic carbocycles. The van der Waals surface area contributed by atoms with Crippen molar-refractivity contribution in [2.75, 3.05) is 26.8 Å². The summed E-state index contributed by atoms with van der Waals surface area (Å²) in [4.78, 5) is 25.1. The molecule has 0 fully saturated rings. The van der Waals surface area contributed by atoms with Crippen molar-refractivity contribution in [1.29, 1.82) is 0 Å². The number of hydrogen-bond acceptors (Lipinski definition) is 5. The van der Waals surface area contributed by atoms with Crippen LogP contribution in [0, 0.1) is 10.1 Å². The fourth-order valence-electron chi connectivity index (χ4n) is 2.32. The lowest BCUT2D eigenvalue weighted by atomic mass is 10.1. The summed E-state index contributed by atoms with van der Waals surface area (Å²) in [5, 5.41) is 11.3. The summed E-state index contributed by atoms with van der Waals surface area (Å²) in [6, 6.07) is 2.65. The van der Waals surface area contributed by atoms with Crippen LogP contribution < -0.4 is 9.47 Å². The normalized spacial score (nSPS) is 10.3. The molecule has 0 unspecified atom stereocenters. The number of rotatable bonds is 9. The van der Waals surface area contributed by atoms with Crippen molar-refractivity contribution in [1.82, 2.24) is 4.90 Å². The van der Waals surface area contributed by atoms with Gasteiger partial charge in [-0.2, -0.15) is 0 Å². The molecule has 23 heavy (non-hydrogen) atoms. The van der Waals surface area contributed by atoms with E-state index >= 15 is 0 Å². The average molecular weight is 324 g/mol. The molecule has 1 rings (SSSR count). The predicted octanol–water partition coefficient (Wildman–Crippen LogP) is 3.26. The molecule has 1 amide bonds. The van der Waals surface area contributed by atoms with Crippen molar-refractivity contribution in [3.8, 4) is 11.5 Å². The zero-order valence-electron chi connectivity index (χ0n) is 14.1. The molecule has 0 atom stereocenters. The van der Waals surface area contributed by atoms with Gasteiger partial charge in [0.05, 0.1) is 24.7 Å². The highest BCUT2D eigenvalue weighted by Gasteiger charge is 2.27. The molecule has 7 nitrogen and oxygen atoms in total. The van der Waals surface area contributed by atoms with Gasteiger partial charge in [-0.15, -0.1) is 0 Å². The summed E-state index contributed by atoms with van der Waals surface area (Å²) in [6.07, 6.45) is 1.57. The first-order chi connectivity index (χ1) is 11.0. The molecular formula is C16H24N2O5. The molecule has 0 heterocycles. The van der Waals surface area contributed by atoms with Crippen LogP contribution in [0.5, 0.6) is 11.5 Å². The minimum Gasteiger partial charge on any atom is -0.493 e. The number of nitro groups is 1. The Balaban J connectivity index is 3.37. The van der Waals surface area contributed by atoms with E-state index in [1.165, 1.54) is 19.2 Å². The third-order valence-electron chi connectivity index (χ3n) is 3.28. The molecule has 0 bridgehead atoms. The van der Waals surface area contributed by atoms with Gasteiger partial charge in [-0.25, -0.2) is 0 Å². The fourth-order valence-corrected chi connectivity index (χ4v) is 2.32. The van der Waals surface area contributed by atoms with Gasteiger partial charge < -0.3 is 14.4 Å². The zero-order chi connectivity index (χ0) is 17.4. The van der Waals surface area contributed by atoms with E-state index in [4.69, 9.17) is 9.47 Å². The minimum absolute atomic E-state index is 0.0288. The second-order valence-corrected chi connectivity index (χ2v) is 5.00. The van der Waals surface area contributed by atoms with Crippen LogP contribution in [-0.4, -0.2) is 42.5 Å². The Bertz CT molecular complexity index is 554. The van der Waals surface area contributed by atoms with E-state index in [0.29, 0.717) is 25.4 Å². The van der Waals surface area contributed by atoms with E-state index in [1.807, 2.05) is 13.8 Å². The molecule has 0 saturated carbocycles. The van der Waals surface area contributed by atoms with Crippen molar-refractivity contribution < 1.29 is 19.2 Å². The van der Waals surface area contributed by atoms with Crippen LogP contribution >= 0.6 is 0 Å². The van der Waals surface area contributed by atoms with Gasteiger partial charge in [-0.1, -0.05) is 13.8 Å². The molecular weight excluding hydrogens is 300 g/mol. The molecule has 0 aromatic heterocycles. The van der Waals surface area contributed by atoms with E-state index in [0.717, 1.165) is 12.8 Å². The summed E-state index contributed by atoms with van der Waals surface area (Å²) in [5.74, 6) is 0.216. The fraction of sp³-hybridized carbons (Fsp3) is 0.562.